The number of halogens is 1. The minimum atomic E-state index is -0.148. The van der Waals surface area contributed by atoms with Crippen molar-refractivity contribution < 1.29 is 14.3 Å². The molecule has 2 rings (SSSR count). The SMILES string of the molecule is CNC(=O)c1cccc(COc2ccc(C(C)=O)cc2Cl)c1. The molecule has 0 radical (unpaired) electrons. The van der Waals surface area contributed by atoms with Crippen molar-refractivity contribution in [3.63, 3.8) is 0 Å². The zero-order chi connectivity index (χ0) is 16.1. The van der Waals surface area contributed by atoms with Crippen molar-refractivity contribution in [2.24, 2.45) is 0 Å². The molecule has 0 unspecified atom stereocenters. The number of hydrogen-bond acceptors (Lipinski definition) is 3. The first-order chi connectivity index (χ1) is 10.5. The fourth-order valence-corrected chi connectivity index (χ4v) is 2.18. The number of rotatable bonds is 5. The van der Waals surface area contributed by atoms with Crippen molar-refractivity contribution in [1.82, 2.24) is 5.32 Å². The smallest absolute Gasteiger partial charge is 0.251 e. The Morgan fingerprint density at radius 1 is 1.14 bits per heavy atom. The molecule has 2 aromatic rings. The highest BCUT2D eigenvalue weighted by atomic mass is 35.5. The van der Waals surface area contributed by atoms with Crippen LogP contribution < -0.4 is 10.1 Å². The van der Waals surface area contributed by atoms with E-state index in [0.717, 1.165) is 5.56 Å². The molecule has 0 saturated carbocycles. The van der Waals surface area contributed by atoms with Crippen LogP contribution in [0.4, 0.5) is 0 Å². The molecule has 5 heteroatoms. The van der Waals surface area contributed by atoms with Gasteiger partial charge < -0.3 is 10.1 Å². The van der Waals surface area contributed by atoms with E-state index in [0.29, 0.717) is 21.9 Å². The van der Waals surface area contributed by atoms with E-state index in [-0.39, 0.29) is 18.3 Å². The lowest BCUT2D eigenvalue weighted by molar-refractivity contribution is 0.0961. The Bertz CT molecular complexity index is 713. The third kappa shape index (κ3) is 3.86. The zero-order valence-corrected chi connectivity index (χ0v) is 13.1. The molecule has 0 aliphatic heterocycles. The van der Waals surface area contributed by atoms with Gasteiger partial charge in [0.1, 0.15) is 12.4 Å². The fraction of sp³-hybridized carbons (Fsp3) is 0.176. The van der Waals surface area contributed by atoms with Gasteiger partial charge in [0.2, 0.25) is 0 Å². The fourth-order valence-electron chi connectivity index (χ4n) is 1.94. The molecule has 0 heterocycles. The molecule has 1 N–H and O–H groups in total. The Morgan fingerprint density at radius 2 is 1.91 bits per heavy atom. The number of Topliss-reactive ketones (excluding diaryl/α,β-unsaturated/α-hetero) is 1. The van der Waals surface area contributed by atoms with Crippen LogP contribution in [0.25, 0.3) is 0 Å². The van der Waals surface area contributed by atoms with Gasteiger partial charge in [0.15, 0.2) is 5.78 Å². The first kappa shape index (κ1) is 16.0. The molecular formula is C17H16ClNO3. The van der Waals surface area contributed by atoms with Crippen LogP contribution in [-0.2, 0) is 6.61 Å². The number of nitrogens with one attached hydrogen (secondary N) is 1. The van der Waals surface area contributed by atoms with Gasteiger partial charge in [0, 0.05) is 18.2 Å². The van der Waals surface area contributed by atoms with E-state index >= 15 is 0 Å². The van der Waals surface area contributed by atoms with Crippen molar-refractivity contribution in [1.29, 1.82) is 0 Å². The summed E-state index contributed by atoms with van der Waals surface area (Å²) in [7, 11) is 1.59. The molecule has 0 saturated heterocycles. The highest BCUT2D eigenvalue weighted by molar-refractivity contribution is 6.32. The molecule has 0 atom stereocenters. The van der Waals surface area contributed by atoms with Crippen molar-refractivity contribution >= 4 is 23.3 Å². The third-order valence-corrected chi connectivity index (χ3v) is 3.44. The van der Waals surface area contributed by atoms with Gasteiger partial charge in [-0.2, -0.15) is 0 Å². The first-order valence-electron chi connectivity index (χ1n) is 6.75. The summed E-state index contributed by atoms with van der Waals surface area (Å²) < 4.78 is 5.65. The van der Waals surface area contributed by atoms with Crippen LogP contribution in [0.5, 0.6) is 5.75 Å². The molecule has 0 aliphatic carbocycles. The van der Waals surface area contributed by atoms with Crippen LogP contribution in [0.15, 0.2) is 42.5 Å². The molecule has 0 fully saturated rings. The average Bonchev–Trinajstić information content (AvgIpc) is 2.53. The van der Waals surface area contributed by atoms with Gasteiger partial charge in [0.05, 0.1) is 5.02 Å². The molecule has 2 aromatic carbocycles. The zero-order valence-electron chi connectivity index (χ0n) is 12.4. The highest BCUT2D eigenvalue weighted by Crippen LogP contribution is 2.26. The molecule has 4 nitrogen and oxygen atoms in total. The quantitative estimate of drug-likeness (QED) is 0.859. The second-order valence-corrected chi connectivity index (χ2v) is 5.18. The maximum Gasteiger partial charge on any atom is 0.251 e. The lowest BCUT2D eigenvalue weighted by atomic mass is 10.1. The Kier molecular flexibility index (Phi) is 5.17. The molecule has 22 heavy (non-hydrogen) atoms. The van der Waals surface area contributed by atoms with Gasteiger partial charge in [-0.3, -0.25) is 9.59 Å². The lowest BCUT2D eigenvalue weighted by Gasteiger charge is -2.10. The van der Waals surface area contributed by atoms with Crippen molar-refractivity contribution in [3.05, 3.63) is 64.2 Å². The van der Waals surface area contributed by atoms with E-state index in [1.807, 2.05) is 6.07 Å². The summed E-state index contributed by atoms with van der Waals surface area (Å²) in [6, 6.07) is 12.1. The van der Waals surface area contributed by atoms with Crippen LogP contribution >= 0.6 is 11.6 Å². The Labute approximate surface area is 134 Å². The average molecular weight is 318 g/mol. The topological polar surface area (TPSA) is 55.4 Å². The summed E-state index contributed by atoms with van der Waals surface area (Å²) in [6.07, 6.45) is 0. The molecule has 0 aliphatic rings. The van der Waals surface area contributed by atoms with E-state index in [2.05, 4.69) is 5.32 Å². The van der Waals surface area contributed by atoms with Crippen molar-refractivity contribution in [2.75, 3.05) is 7.05 Å². The van der Waals surface area contributed by atoms with Crippen molar-refractivity contribution in [2.45, 2.75) is 13.5 Å². The van der Waals surface area contributed by atoms with Gasteiger partial charge >= 0.3 is 0 Å². The molecule has 0 aromatic heterocycles. The van der Waals surface area contributed by atoms with Crippen LogP contribution in [-0.4, -0.2) is 18.7 Å². The van der Waals surface area contributed by atoms with Gasteiger partial charge in [-0.1, -0.05) is 23.7 Å². The van der Waals surface area contributed by atoms with Crippen LogP contribution in [0.2, 0.25) is 5.02 Å². The minimum Gasteiger partial charge on any atom is -0.487 e. The van der Waals surface area contributed by atoms with E-state index in [1.165, 1.54) is 6.92 Å². The number of benzene rings is 2. The summed E-state index contributed by atoms with van der Waals surface area (Å²) in [5.41, 5.74) is 1.97. The number of carbonyl (C=O) groups is 2. The largest absolute Gasteiger partial charge is 0.487 e. The van der Waals surface area contributed by atoms with Crippen LogP contribution in [0.1, 0.15) is 33.2 Å². The summed E-state index contributed by atoms with van der Waals surface area (Å²) in [5, 5.41) is 2.96. The molecular weight excluding hydrogens is 302 g/mol. The maximum absolute atomic E-state index is 11.6. The number of carbonyl (C=O) groups excluding carboxylic acids is 2. The predicted molar refractivity (Wildman–Crippen MR) is 85.6 cm³/mol. The van der Waals surface area contributed by atoms with E-state index in [9.17, 15) is 9.59 Å². The second-order valence-electron chi connectivity index (χ2n) is 4.77. The van der Waals surface area contributed by atoms with E-state index in [4.69, 9.17) is 16.3 Å². The lowest BCUT2D eigenvalue weighted by Crippen LogP contribution is -2.17. The summed E-state index contributed by atoms with van der Waals surface area (Å²) >= 11 is 6.10. The minimum absolute atomic E-state index is 0.0493. The normalized spacial score (nSPS) is 10.1. The molecule has 0 spiro atoms. The van der Waals surface area contributed by atoms with Crippen LogP contribution in [0.3, 0.4) is 0 Å². The first-order valence-corrected chi connectivity index (χ1v) is 7.13. The van der Waals surface area contributed by atoms with E-state index in [1.54, 1.807) is 43.4 Å². The number of hydrogen-bond donors (Lipinski definition) is 1. The third-order valence-electron chi connectivity index (χ3n) is 3.15. The molecule has 1 amide bonds. The Morgan fingerprint density at radius 3 is 2.55 bits per heavy atom. The summed E-state index contributed by atoms with van der Waals surface area (Å²) in [6.45, 7) is 1.76. The summed E-state index contributed by atoms with van der Waals surface area (Å²) in [5.74, 6) is 0.300. The monoisotopic (exact) mass is 317 g/mol. The van der Waals surface area contributed by atoms with Gasteiger partial charge in [0.25, 0.3) is 5.91 Å². The van der Waals surface area contributed by atoms with Gasteiger partial charge in [-0.05, 0) is 42.8 Å². The van der Waals surface area contributed by atoms with Gasteiger partial charge in [-0.15, -0.1) is 0 Å². The maximum atomic E-state index is 11.6. The highest BCUT2D eigenvalue weighted by Gasteiger charge is 2.08. The summed E-state index contributed by atoms with van der Waals surface area (Å²) in [4.78, 5) is 22.9. The van der Waals surface area contributed by atoms with E-state index < -0.39 is 0 Å². The number of ketones is 1. The molecule has 0 bridgehead atoms. The Balaban J connectivity index is 2.10. The number of ether oxygens (including phenoxy) is 1. The van der Waals surface area contributed by atoms with Crippen LogP contribution in [0, 0.1) is 0 Å². The van der Waals surface area contributed by atoms with Gasteiger partial charge in [-0.25, -0.2) is 0 Å². The number of amides is 1. The Hall–Kier alpha value is -2.33. The predicted octanol–water partition coefficient (Wildman–Crippen LogP) is 3.48. The standard InChI is InChI=1S/C17H16ClNO3/c1-11(20)13-6-7-16(15(18)9-13)22-10-12-4-3-5-14(8-12)17(21)19-2/h3-9H,10H2,1-2H3,(H,19,21). The second kappa shape index (κ2) is 7.09. The van der Waals surface area contributed by atoms with Crippen molar-refractivity contribution in [3.8, 4) is 5.75 Å². The molecule has 114 valence electrons.